The van der Waals surface area contributed by atoms with E-state index in [2.05, 4.69) is 97.7 Å². The summed E-state index contributed by atoms with van der Waals surface area (Å²) in [6.07, 6.45) is 0.206. The first-order valence-corrected chi connectivity index (χ1v) is 21.5. The van der Waals surface area contributed by atoms with Crippen molar-refractivity contribution in [3.05, 3.63) is 35.4 Å². The van der Waals surface area contributed by atoms with Crippen LogP contribution in [0.25, 0.3) is 0 Å². The van der Waals surface area contributed by atoms with Crippen LogP contribution in [-0.4, -0.2) is 29.0 Å². The highest BCUT2D eigenvalue weighted by Gasteiger charge is 2.45. The van der Waals surface area contributed by atoms with E-state index in [1.807, 2.05) is 0 Å². The molecule has 1 aromatic carbocycles. The van der Waals surface area contributed by atoms with Crippen molar-refractivity contribution >= 4 is 24.8 Å². The van der Waals surface area contributed by atoms with Crippen molar-refractivity contribution in [2.45, 2.75) is 136 Å². The molecular weight excluding hydrogens is 439 g/mol. The Kier molecular flexibility index (Phi) is 12.7. The molecule has 0 aliphatic carbocycles. The lowest BCUT2D eigenvalue weighted by Crippen LogP contribution is -2.65. The molecule has 0 radical (unpaired) electrons. The summed E-state index contributed by atoms with van der Waals surface area (Å²) in [6.45, 7) is 25.2. The molecule has 1 rings (SSSR count). The largest absolute Gasteiger partial charge is 0.410 e. The minimum Gasteiger partial charge on any atom is -0.410 e. The highest BCUT2D eigenvalue weighted by atomic mass is 28.4. The predicted molar refractivity (Wildman–Crippen MR) is 153 cm³/mol. The van der Waals surface area contributed by atoms with E-state index in [-0.39, 0.29) is 6.10 Å². The average Bonchev–Trinajstić information content (AvgIpc) is 2.85. The Morgan fingerprint density at radius 2 is 1.00 bits per heavy atom. The SMILES string of the molecule is CC[Si](CC)(CC)OC(C)c1ccc(CN([Si](CC)(CC)CC)[Si](CC)(CC)CC)cc1. The van der Waals surface area contributed by atoms with E-state index in [9.17, 15) is 0 Å². The van der Waals surface area contributed by atoms with Gasteiger partial charge in [0.05, 0.1) is 6.10 Å². The van der Waals surface area contributed by atoms with Crippen LogP contribution in [0.4, 0.5) is 0 Å². The van der Waals surface area contributed by atoms with Crippen LogP contribution in [0.1, 0.15) is 86.5 Å². The van der Waals surface area contributed by atoms with Gasteiger partial charge in [0.15, 0.2) is 8.32 Å². The molecule has 0 spiro atoms. The maximum atomic E-state index is 6.75. The van der Waals surface area contributed by atoms with Crippen LogP contribution in [0.5, 0.6) is 0 Å². The van der Waals surface area contributed by atoms with E-state index in [1.54, 1.807) is 0 Å². The molecule has 0 bridgehead atoms. The van der Waals surface area contributed by atoms with Crippen LogP contribution in [0.3, 0.4) is 0 Å². The monoisotopic (exact) mass is 493 g/mol. The Morgan fingerprint density at radius 3 is 1.31 bits per heavy atom. The van der Waals surface area contributed by atoms with Gasteiger partial charge in [-0.05, 0) is 72.4 Å². The third kappa shape index (κ3) is 6.47. The molecule has 0 heterocycles. The number of benzene rings is 1. The zero-order valence-electron chi connectivity index (χ0n) is 23.3. The van der Waals surface area contributed by atoms with Crippen molar-refractivity contribution < 1.29 is 4.43 Å². The van der Waals surface area contributed by atoms with E-state index in [1.165, 1.54) is 65.5 Å². The molecule has 1 atom stereocenters. The molecule has 0 saturated carbocycles. The van der Waals surface area contributed by atoms with Gasteiger partial charge in [-0.1, -0.05) is 86.6 Å². The van der Waals surface area contributed by atoms with Crippen LogP contribution in [0.15, 0.2) is 24.3 Å². The third-order valence-corrected chi connectivity index (χ3v) is 27.3. The first kappa shape index (κ1) is 29.8. The predicted octanol–water partition coefficient (Wildman–Crippen LogP) is 9.58. The fourth-order valence-electron chi connectivity index (χ4n) is 6.00. The van der Waals surface area contributed by atoms with Gasteiger partial charge in [0.25, 0.3) is 0 Å². The number of hydrogen-bond acceptors (Lipinski definition) is 2. The summed E-state index contributed by atoms with van der Waals surface area (Å²) in [6, 6.07) is 21.5. The standard InChI is InChI=1S/C27H55NOSi3/c1-11-30(12-2,13-3)28(31(14-4,15-5)16-6)24-26-20-22-27(23-21-26)25(10)29-32(17-7,18-8)19-9/h20-23,25H,11-19,24H2,1-10H3. The number of rotatable bonds is 16. The van der Waals surface area contributed by atoms with Gasteiger partial charge in [-0.2, -0.15) is 0 Å². The van der Waals surface area contributed by atoms with Crippen molar-refractivity contribution in [2.75, 3.05) is 0 Å². The smallest absolute Gasteiger partial charge is 0.192 e. The molecular formula is C27H55NOSi3. The van der Waals surface area contributed by atoms with E-state index < -0.39 is 24.8 Å². The molecule has 32 heavy (non-hydrogen) atoms. The van der Waals surface area contributed by atoms with E-state index in [0.29, 0.717) is 0 Å². The summed E-state index contributed by atoms with van der Waals surface area (Å²) >= 11 is 0. The second kappa shape index (κ2) is 13.6. The Balaban J connectivity index is 3.22. The van der Waals surface area contributed by atoms with Crippen LogP contribution in [0, 0.1) is 0 Å². The second-order valence-corrected chi connectivity index (χ2v) is 25.3. The minimum atomic E-state index is -1.58. The van der Waals surface area contributed by atoms with Gasteiger partial charge >= 0.3 is 0 Å². The maximum absolute atomic E-state index is 6.75. The zero-order valence-corrected chi connectivity index (χ0v) is 26.3. The quantitative estimate of drug-likeness (QED) is 0.212. The highest BCUT2D eigenvalue weighted by molar-refractivity contribution is 6.92. The molecule has 0 N–H and O–H groups in total. The van der Waals surface area contributed by atoms with Crippen LogP contribution < -0.4 is 0 Å². The Bertz CT molecular complexity index is 592. The summed E-state index contributed by atoms with van der Waals surface area (Å²) in [7, 11) is -4.45. The first-order chi connectivity index (χ1) is 15.2. The lowest BCUT2D eigenvalue weighted by Gasteiger charge is -2.52. The molecule has 0 amide bonds. The van der Waals surface area contributed by atoms with E-state index in [0.717, 1.165) is 6.54 Å². The Morgan fingerprint density at radius 1 is 0.625 bits per heavy atom. The molecule has 0 aromatic heterocycles. The summed E-state index contributed by atoms with van der Waals surface area (Å²) in [5, 5.41) is 0. The van der Waals surface area contributed by atoms with Gasteiger partial charge in [0, 0.05) is 6.54 Å². The van der Waals surface area contributed by atoms with Gasteiger partial charge in [-0.3, -0.25) is 0 Å². The second-order valence-electron chi connectivity index (χ2n) is 9.90. The molecule has 186 valence electrons. The maximum Gasteiger partial charge on any atom is 0.192 e. The number of nitrogens with zero attached hydrogens (tertiary/aromatic N) is 1. The van der Waals surface area contributed by atoms with Crippen molar-refractivity contribution in [2.24, 2.45) is 0 Å². The Hall–Kier alpha value is -0.209. The lowest BCUT2D eigenvalue weighted by atomic mass is 10.1. The molecule has 0 saturated heterocycles. The van der Waals surface area contributed by atoms with Gasteiger partial charge in [-0.25, -0.2) is 0 Å². The van der Waals surface area contributed by atoms with Gasteiger partial charge in [0.2, 0.25) is 0 Å². The van der Waals surface area contributed by atoms with Crippen molar-refractivity contribution in [1.29, 1.82) is 0 Å². The highest BCUT2D eigenvalue weighted by Crippen LogP contribution is 2.37. The van der Waals surface area contributed by atoms with Gasteiger partial charge < -0.3 is 8.66 Å². The Labute approximate surface area is 204 Å². The van der Waals surface area contributed by atoms with Crippen LogP contribution >= 0.6 is 0 Å². The molecule has 5 heteroatoms. The summed E-state index contributed by atoms with van der Waals surface area (Å²) in [5.41, 5.74) is 2.85. The van der Waals surface area contributed by atoms with Gasteiger partial charge in [0.1, 0.15) is 16.5 Å². The van der Waals surface area contributed by atoms with E-state index >= 15 is 0 Å². The lowest BCUT2D eigenvalue weighted by molar-refractivity contribution is 0.210. The summed E-state index contributed by atoms with van der Waals surface area (Å²) in [4.78, 5) is 0. The average molecular weight is 494 g/mol. The molecule has 0 aliphatic rings. The normalized spacial score (nSPS) is 14.2. The van der Waals surface area contributed by atoms with Crippen molar-refractivity contribution in [3.8, 4) is 0 Å². The van der Waals surface area contributed by atoms with E-state index in [4.69, 9.17) is 4.43 Å². The zero-order chi connectivity index (χ0) is 24.4. The molecule has 0 fully saturated rings. The van der Waals surface area contributed by atoms with Crippen LogP contribution in [-0.2, 0) is 11.0 Å². The summed E-state index contributed by atoms with van der Waals surface area (Å²) in [5.74, 6) is 0. The third-order valence-electron chi connectivity index (χ3n) is 9.24. The van der Waals surface area contributed by atoms with Crippen molar-refractivity contribution in [1.82, 2.24) is 4.23 Å². The molecule has 2 nitrogen and oxygen atoms in total. The van der Waals surface area contributed by atoms with Crippen LogP contribution in [0.2, 0.25) is 54.4 Å². The molecule has 0 aliphatic heterocycles. The van der Waals surface area contributed by atoms with Gasteiger partial charge in [-0.15, -0.1) is 0 Å². The fourth-order valence-corrected chi connectivity index (χ4v) is 22.1. The molecule has 1 unspecified atom stereocenters. The fraction of sp³-hybridized carbons (Fsp3) is 0.778. The minimum absolute atomic E-state index is 0.206. The molecule has 1 aromatic rings. The topological polar surface area (TPSA) is 12.5 Å². The first-order valence-electron chi connectivity index (χ1n) is 13.8. The number of hydrogen-bond donors (Lipinski definition) is 0. The summed E-state index contributed by atoms with van der Waals surface area (Å²) < 4.78 is 9.93. The van der Waals surface area contributed by atoms with Crippen molar-refractivity contribution in [3.63, 3.8) is 0 Å².